The van der Waals surface area contributed by atoms with Crippen molar-refractivity contribution in [2.24, 2.45) is 0 Å². The van der Waals surface area contributed by atoms with Crippen LogP contribution < -0.4 is 4.90 Å². The number of benzene rings is 1. The van der Waals surface area contributed by atoms with Crippen LogP contribution in [0.1, 0.15) is 5.01 Å². The van der Waals surface area contributed by atoms with Crippen molar-refractivity contribution in [2.75, 3.05) is 11.4 Å². The van der Waals surface area contributed by atoms with Gasteiger partial charge in [-0.25, -0.2) is 15.0 Å². The first-order valence-electron chi connectivity index (χ1n) is 8.54. The lowest BCUT2D eigenvalue weighted by molar-refractivity contribution is -0.135. The molecular weight excluding hydrogens is 467 g/mol. The van der Waals surface area contributed by atoms with Gasteiger partial charge >= 0.3 is 5.97 Å². The molecule has 5 rings (SSSR count). The number of thioether (sulfide) groups is 1. The Morgan fingerprint density at radius 2 is 2.03 bits per heavy atom. The van der Waals surface area contributed by atoms with E-state index in [2.05, 4.69) is 15.0 Å². The minimum absolute atomic E-state index is 0.0919. The monoisotopic (exact) mass is 476 g/mol. The van der Waals surface area contributed by atoms with E-state index in [0.29, 0.717) is 21.2 Å². The number of nitrogens with zero attached hydrogens (tertiary/aromatic N) is 4. The minimum Gasteiger partial charge on any atom is -0.480 e. The summed E-state index contributed by atoms with van der Waals surface area (Å²) in [6.45, 7) is -0.188. The van der Waals surface area contributed by atoms with Crippen molar-refractivity contribution in [2.45, 2.75) is 4.90 Å². The zero-order valence-electron chi connectivity index (χ0n) is 14.9. The van der Waals surface area contributed by atoms with Crippen LogP contribution in [-0.2, 0) is 4.79 Å². The molecule has 0 saturated heterocycles. The number of aromatic nitrogens is 3. The molecule has 0 radical (unpaired) electrons. The maximum Gasteiger partial charge on any atom is 0.323 e. The molecule has 11 heteroatoms. The number of aliphatic carboxylic acids is 1. The Labute approximate surface area is 188 Å². The second kappa shape index (κ2) is 7.59. The van der Waals surface area contributed by atoms with Gasteiger partial charge in [-0.3, -0.25) is 4.79 Å². The van der Waals surface area contributed by atoms with Crippen LogP contribution in [-0.4, -0.2) is 32.6 Å². The fourth-order valence-electron chi connectivity index (χ4n) is 3.01. The number of hydrogen-bond acceptors (Lipinski definition) is 8. The molecule has 1 N–H and O–H groups in total. The van der Waals surface area contributed by atoms with Crippen molar-refractivity contribution in [1.29, 1.82) is 0 Å². The van der Waals surface area contributed by atoms with Crippen LogP contribution in [0.15, 0.2) is 50.9 Å². The summed E-state index contributed by atoms with van der Waals surface area (Å²) in [4.78, 5) is 27.5. The van der Waals surface area contributed by atoms with Gasteiger partial charge in [0.05, 0.1) is 17.0 Å². The van der Waals surface area contributed by atoms with Crippen LogP contribution in [0.25, 0.3) is 27.9 Å². The van der Waals surface area contributed by atoms with Gasteiger partial charge in [0.2, 0.25) is 0 Å². The predicted octanol–water partition coefficient (Wildman–Crippen LogP) is 5.65. The molecule has 0 bridgehead atoms. The van der Waals surface area contributed by atoms with Crippen molar-refractivity contribution in [1.82, 2.24) is 15.0 Å². The number of carboxylic acid groups (broad SMARTS) is 1. The first-order chi connectivity index (χ1) is 14.5. The molecular formula is C19H10Cl2N4O3S2. The second-order valence-electron chi connectivity index (χ2n) is 6.21. The number of carboxylic acids is 1. The van der Waals surface area contributed by atoms with E-state index in [1.165, 1.54) is 23.1 Å². The van der Waals surface area contributed by atoms with Gasteiger partial charge in [-0.15, -0.1) is 0 Å². The summed E-state index contributed by atoms with van der Waals surface area (Å²) in [6, 6.07) is 9.49. The van der Waals surface area contributed by atoms with Crippen LogP contribution in [0.4, 0.5) is 5.69 Å². The number of hydrogen-bond donors (Lipinski definition) is 1. The Bertz CT molecular complexity index is 1280. The first-order valence-corrected chi connectivity index (χ1v) is 10.9. The largest absolute Gasteiger partial charge is 0.480 e. The van der Waals surface area contributed by atoms with E-state index < -0.39 is 5.97 Å². The van der Waals surface area contributed by atoms with Crippen LogP contribution >= 0.6 is 46.3 Å². The van der Waals surface area contributed by atoms with Gasteiger partial charge in [-0.2, -0.15) is 0 Å². The van der Waals surface area contributed by atoms with Crippen molar-refractivity contribution < 1.29 is 14.3 Å². The third-order valence-corrected chi connectivity index (χ3v) is 6.88. The van der Waals surface area contributed by atoms with Crippen molar-refractivity contribution in [3.8, 4) is 11.3 Å². The van der Waals surface area contributed by atoms with Gasteiger partial charge in [0.1, 0.15) is 17.3 Å². The molecule has 0 saturated carbocycles. The summed E-state index contributed by atoms with van der Waals surface area (Å²) in [7, 11) is 0. The molecule has 4 heterocycles. The van der Waals surface area contributed by atoms with Crippen molar-refractivity contribution >= 4 is 74.5 Å². The lowest BCUT2D eigenvalue weighted by Crippen LogP contribution is -2.25. The number of carbonyl (C=O) groups is 1. The number of thiazole rings is 1. The Morgan fingerprint density at radius 1 is 1.20 bits per heavy atom. The maximum atomic E-state index is 11.5. The molecule has 30 heavy (non-hydrogen) atoms. The first kappa shape index (κ1) is 19.4. The highest BCUT2D eigenvalue weighted by Gasteiger charge is 2.28. The molecule has 0 unspecified atom stereocenters. The molecule has 0 atom stereocenters. The Balaban J connectivity index is 1.56. The second-order valence-corrected chi connectivity index (χ2v) is 9.00. The van der Waals surface area contributed by atoms with Gasteiger partial charge < -0.3 is 14.4 Å². The average Bonchev–Trinajstić information content (AvgIpc) is 3.42. The van der Waals surface area contributed by atoms with Crippen LogP contribution in [0.5, 0.6) is 0 Å². The number of anilines is 1. The van der Waals surface area contributed by atoms with Crippen LogP contribution in [0.3, 0.4) is 0 Å². The van der Waals surface area contributed by atoms with E-state index in [0.717, 1.165) is 21.2 Å². The van der Waals surface area contributed by atoms with E-state index in [-0.39, 0.29) is 16.9 Å². The molecule has 0 amide bonds. The average molecular weight is 477 g/mol. The summed E-state index contributed by atoms with van der Waals surface area (Å²) in [5.74, 6) is -0.225. The maximum absolute atomic E-state index is 11.5. The van der Waals surface area contributed by atoms with Crippen LogP contribution in [0, 0.1) is 0 Å². The number of halogens is 2. The molecule has 4 aromatic rings. The molecule has 150 valence electrons. The van der Waals surface area contributed by atoms with E-state index in [1.54, 1.807) is 11.2 Å². The van der Waals surface area contributed by atoms with E-state index in [9.17, 15) is 9.90 Å². The summed E-state index contributed by atoms with van der Waals surface area (Å²) in [5.41, 5.74) is 2.06. The molecule has 0 fully saturated rings. The third kappa shape index (κ3) is 3.54. The molecule has 1 aromatic carbocycles. The quantitative estimate of drug-likeness (QED) is 0.403. The molecule has 1 aliphatic heterocycles. The highest BCUT2D eigenvalue weighted by Crippen LogP contribution is 2.48. The van der Waals surface area contributed by atoms with Gasteiger partial charge in [-0.1, -0.05) is 46.3 Å². The summed E-state index contributed by atoms with van der Waals surface area (Å²) >= 11 is 14.6. The van der Waals surface area contributed by atoms with Gasteiger partial charge in [0.15, 0.2) is 20.8 Å². The normalized spacial score (nSPS) is 14.6. The van der Waals surface area contributed by atoms with Gasteiger partial charge in [0, 0.05) is 16.5 Å². The van der Waals surface area contributed by atoms with Crippen molar-refractivity contribution in [3.63, 3.8) is 0 Å². The third-order valence-electron chi connectivity index (χ3n) is 4.26. The standard InChI is InChI=1S/C19H10Cl2N4O3S2/c20-16-17(21)24-19-18(23-16)22-13(30-19)7-14-25(8-15(26)27)10-6-9(3-4-12(10)29-14)11-2-1-5-28-11/h1-7H,8H2,(H,26,27)/b14-7-. The molecule has 1 aliphatic rings. The predicted molar refractivity (Wildman–Crippen MR) is 118 cm³/mol. The summed E-state index contributed by atoms with van der Waals surface area (Å²) in [5, 5.41) is 11.0. The lowest BCUT2D eigenvalue weighted by atomic mass is 10.1. The Hall–Kier alpha value is -2.59. The Morgan fingerprint density at radius 3 is 2.80 bits per heavy atom. The smallest absolute Gasteiger partial charge is 0.323 e. The SMILES string of the molecule is O=C(O)CN1/C(=C/c2nc3nc(Cl)c(Cl)nc3s2)Sc2ccc(-c3ccco3)cc21. The zero-order chi connectivity index (χ0) is 20.8. The topological polar surface area (TPSA) is 92.3 Å². The van der Waals surface area contributed by atoms with E-state index >= 15 is 0 Å². The summed E-state index contributed by atoms with van der Waals surface area (Å²) < 4.78 is 5.47. The molecule has 3 aromatic heterocycles. The number of rotatable bonds is 4. The van der Waals surface area contributed by atoms with E-state index in [1.807, 2.05) is 36.4 Å². The van der Waals surface area contributed by atoms with E-state index in [4.69, 9.17) is 27.6 Å². The molecule has 7 nitrogen and oxygen atoms in total. The fourth-order valence-corrected chi connectivity index (χ4v) is 5.28. The van der Waals surface area contributed by atoms with Gasteiger partial charge in [-0.05, 0) is 30.3 Å². The summed E-state index contributed by atoms with van der Waals surface area (Å²) in [6.07, 6.45) is 3.42. The fraction of sp³-hybridized carbons (Fsp3) is 0.0526. The number of furan rings is 1. The van der Waals surface area contributed by atoms with Crippen molar-refractivity contribution in [3.05, 3.63) is 56.9 Å². The molecule has 0 spiro atoms. The highest BCUT2D eigenvalue weighted by atomic mass is 35.5. The highest BCUT2D eigenvalue weighted by molar-refractivity contribution is 8.03. The van der Waals surface area contributed by atoms with Crippen LogP contribution in [0.2, 0.25) is 10.3 Å². The lowest BCUT2D eigenvalue weighted by Gasteiger charge is -2.18. The zero-order valence-corrected chi connectivity index (χ0v) is 18.0. The minimum atomic E-state index is -0.941. The number of fused-ring (bicyclic) bond motifs is 2. The van der Waals surface area contributed by atoms with Gasteiger partial charge in [0.25, 0.3) is 0 Å². The Kier molecular flexibility index (Phi) is 4.90. The molecule has 0 aliphatic carbocycles.